The molecule has 1 atom stereocenters. The van der Waals surface area contributed by atoms with E-state index >= 15 is 0 Å². The van der Waals surface area contributed by atoms with Gasteiger partial charge < -0.3 is 15.1 Å². The van der Waals surface area contributed by atoms with Crippen LogP contribution in [0, 0.1) is 0 Å². The average molecular weight is 398 g/mol. The SMILES string of the molecule is O=C(CN1C(=O)[C@@H]2CCCN2C(=O)c2ccccc21)NCc1cccc(Cl)c1. The van der Waals surface area contributed by atoms with E-state index in [1.54, 1.807) is 41.3 Å². The van der Waals surface area contributed by atoms with E-state index in [1.807, 2.05) is 12.1 Å². The minimum absolute atomic E-state index is 0.131. The van der Waals surface area contributed by atoms with Crippen LogP contribution in [0.15, 0.2) is 48.5 Å². The van der Waals surface area contributed by atoms with Crippen molar-refractivity contribution in [1.29, 1.82) is 0 Å². The Balaban J connectivity index is 1.55. The molecule has 0 unspecified atom stereocenters. The number of anilines is 1. The molecule has 2 heterocycles. The van der Waals surface area contributed by atoms with Gasteiger partial charge in [0.25, 0.3) is 5.91 Å². The summed E-state index contributed by atoms with van der Waals surface area (Å²) in [5.41, 5.74) is 1.83. The number of carbonyl (C=O) groups excluding carboxylic acids is 3. The van der Waals surface area contributed by atoms with Crippen molar-refractivity contribution < 1.29 is 14.4 Å². The number of nitrogens with one attached hydrogen (secondary N) is 1. The van der Waals surface area contributed by atoms with E-state index in [9.17, 15) is 14.4 Å². The number of hydrogen-bond donors (Lipinski definition) is 1. The number of halogens is 1. The fourth-order valence-corrected chi connectivity index (χ4v) is 4.03. The number of rotatable bonds is 4. The number of nitrogens with zero attached hydrogens (tertiary/aromatic N) is 2. The zero-order valence-corrected chi connectivity index (χ0v) is 16.0. The highest BCUT2D eigenvalue weighted by molar-refractivity contribution is 6.30. The molecule has 0 bridgehead atoms. The van der Waals surface area contributed by atoms with Crippen molar-refractivity contribution in [2.75, 3.05) is 18.0 Å². The highest BCUT2D eigenvalue weighted by atomic mass is 35.5. The van der Waals surface area contributed by atoms with Gasteiger partial charge in [0.05, 0.1) is 11.3 Å². The normalized spacial score (nSPS) is 18.5. The van der Waals surface area contributed by atoms with E-state index in [-0.39, 0.29) is 24.3 Å². The molecule has 2 aliphatic rings. The summed E-state index contributed by atoms with van der Waals surface area (Å²) in [5.74, 6) is -0.635. The summed E-state index contributed by atoms with van der Waals surface area (Å²) in [7, 11) is 0. The van der Waals surface area contributed by atoms with Crippen molar-refractivity contribution in [3.05, 3.63) is 64.7 Å². The van der Waals surface area contributed by atoms with Gasteiger partial charge >= 0.3 is 0 Å². The number of hydrogen-bond acceptors (Lipinski definition) is 3. The van der Waals surface area contributed by atoms with Crippen molar-refractivity contribution in [3.8, 4) is 0 Å². The summed E-state index contributed by atoms with van der Waals surface area (Å²) >= 11 is 5.97. The van der Waals surface area contributed by atoms with Gasteiger partial charge in [0.15, 0.2) is 0 Å². The highest BCUT2D eigenvalue weighted by Gasteiger charge is 2.42. The second-order valence-electron chi connectivity index (χ2n) is 7.00. The smallest absolute Gasteiger partial charge is 0.256 e. The van der Waals surface area contributed by atoms with E-state index in [0.29, 0.717) is 35.8 Å². The predicted octanol–water partition coefficient (Wildman–Crippen LogP) is 2.61. The molecule has 7 heteroatoms. The van der Waals surface area contributed by atoms with Crippen LogP contribution in [0.3, 0.4) is 0 Å². The topological polar surface area (TPSA) is 69.7 Å². The van der Waals surface area contributed by atoms with Gasteiger partial charge in [-0.3, -0.25) is 14.4 Å². The summed E-state index contributed by atoms with van der Waals surface area (Å²) in [5, 5.41) is 3.43. The van der Waals surface area contributed by atoms with Crippen molar-refractivity contribution in [2.24, 2.45) is 0 Å². The first-order valence-electron chi connectivity index (χ1n) is 9.27. The minimum Gasteiger partial charge on any atom is -0.350 e. The number of amides is 3. The van der Waals surface area contributed by atoms with Gasteiger partial charge in [-0.25, -0.2) is 0 Å². The number of carbonyl (C=O) groups is 3. The summed E-state index contributed by atoms with van der Waals surface area (Å²) < 4.78 is 0. The molecule has 2 aromatic rings. The quantitative estimate of drug-likeness (QED) is 0.862. The molecule has 0 radical (unpaired) electrons. The van der Waals surface area contributed by atoms with E-state index in [2.05, 4.69) is 5.32 Å². The number of para-hydroxylation sites is 1. The van der Waals surface area contributed by atoms with Crippen molar-refractivity contribution in [2.45, 2.75) is 25.4 Å². The molecule has 6 nitrogen and oxygen atoms in total. The van der Waals surface area contributed by atoms with Crippen LogP contribution in [0.2, 0.25) is 5.02 Å². The Labute approximate surface area is 168 Å². The number of benzene rings is 2. The molecule has 0 spiro atoms. The van der Waals surface area contributed by atoms with E-state index in [4.69, 9.17) is 11.6 Å². The standard InChI is InChI=1S/C21H20ClN3O3/c22-15-6-3-5-14(11-15)12-23-19(26)13-25-17-8-2-1-7-16(17)20(27)24-10-4-9-18(24)21(25)28/h1-3,5-8,11,18H,4,9-10,12-13H2,(H,23,26)/t18-/m0/s1. The minimum atomic E-state index is -0.499. The van der Waals surface area contributed by atoms with Gasteiger partial charge in [-0.05, 0) is 42.7 Å². The van der Waals surface area contributed by atoms with Gasteiger partial charge in [-0.15, -0.1) is 0 Å². The van der Waals surface area contributed by atoms with Gasteiger partial charge in [0.2, 0.25) is 11.8 Å². The first-order chi connectivity index (χ1) is 13.5. The molecule has 2 aromatic carbocycles. The molecular formula is C21H20ClN3O3. The first-order valence-corrected chi connectivity index (χ1v) is 9.65. The van der Waals surface area contributed by atoms with Crippen molar-refractivity contribution in [1.82, 2.24) is 10.2 Å². The molecule has 0 saturated carbocycles. The molecule has 1 N–H and O–H groups in total. The van der Waals surface area contributed by atoms with Crippen LogP contribution < -0.4 is 10.2 Å². The monoisotopic (exact) mass is 397 g/mol. The maximum Gasteiger partial charge on any atom is 0.256 e. The molecule has 28 heavy (non-hydrogen) atoms. The summed E-state index contributed by atoms with van der Waals surface area (Å²) in [6.45, 7) is 0.754. The van der Waals surface area contributed by atoms with Crippen LogP contribution in [0.1, 0.15) is 28.8 Å². The van der Waals surface area contributed by atoms with Crippen LogP contribution in [0.25, 0.3) is 0 Å². The van der Waals surface area contributed by atoms with E-state index in [1.165, 1.54) is 4.90 Å². The lowest BCUT2D eigenvalue weighted by molar-refractivity contribution is -0.125. The zero-order chi connectivity index (χ0) is 19.7. The molecule has 144 valence electrons. The molecule has 4 rings (SSSR count). The van der Waals surface area contributed by atoms with E-state index in [0.717, 1.165) is 12.0 Å². The summed E-state index contributed by atoms with van der Waals surface area (Å²) in [4.78, 5) is 41.6. The van der Waals surface area contributed by atoms with E-state index < -0.39 is 6.04 Å². The second-order valence-corrected chi connectivity index (χ2v) is 7.44. The lowest BCUT2D eigenvalue weighted by atomic mass is 10.1. The maximum atomic E-state index is 13.1. The van der Waals surface area contributed by atoms with Crippen LogP contribution in [-0.2, 0) is 16.1 Å². The third kappa shape index (κ3) is 3.47. The Morgan fingerprint density at radius 3 is 2.79 bits per heavy atom. The largest absolute Gasteiger partial charge is 0.350 e. The fraction of sp³-hybridized carbons (Fsp3) is 0.286. The average Bonchev–Trinajstić information content (AvgIpc) is 3.17. The highest BCUT2D eigenvalue weighted by Crippen LogP contribution is 2.32. The molecule has 1 saturated heterocycles. The third-order valence-corrected chi connectivity index (χ3v) is 5.41. The molecule has 1 fully saturated rings. The van der Waals surface area contributed by atoms with Crippen molar-refractivity contribution in [3.63, 3.8) is 0 Å². The summed E-state index contributed by atoms with van der Waals surface area (Å²) in [6, 6.07) is 13.7. The fourth-order valence-electron chi connectivity index (χ4n) is 3.82. The van der Waals surface area contributed by atoms with Crippen LogP contribution in [0.4, 0.5) is 5.69 Å². The maximum absolute atomic E-state index is 13.1. The summed E-state index contributed by atoms with van der Waals surface area (Å²) in [6.07, 6.45) is 1.41. The Kier molecular flexibility index (Phi) is 5.05. The lowest BCUT2D eigenvalue weighted by Crippen LogP contribution is -2.48. The Hall–Kier alpha value is -2.86. The predicted molar refractivity (Wildman–Crippen MR) is 106 cm³/mol. The van der Waals surface area contributed by atoms with Gasteiger partial charge in [-0.1, -0.05) is 35.9 Å². The number of fused-ring (bicyclic) bond motifs is 2. The van der Waals surface area contributed by atoms with Gasteiger partial charge in [-0.2, -0.15) is 0 Å². The molecule has 0 aliphatic carbocycles. The molecule has 0 aromatic heterocycles. The second kappa shape index (κ2) is 7.64. The molecular weight excluding hydrogens is 378 g/mol. The third-order valence-electron chi connectivity index (χ3n) is 5.17. The lowest BCUT2D eigenvalue weighted by Gasteiger charge is -2.25. The van der Waals surface area contributed by atoms with Crippen LogP contribution >= 0.6 is 11.6 Å². The molecule has 2 aliphatic heterocycles. The van der Waals surface area contributed by atoms with Crippen molar-refractivity contribution >= 4 is 35.0 Å². The molecule has 3 amide bonds. The van der Waals surface area contributed by atoms with Gasteiger partial charge in [0, 0.05) is 18.1 Å². The Bertz CT molecular complexity index is 946. The first kappa shape index (κ1) is 18.5. The van der Waals surface area contributed by atoms with Gasteiger partial charge in [0.1, 0.15) is 12.6 Å². The zero-order valence-electron chi connectivity index (χ0n) is 15.2. The Morgan fingerprint density at radius 2 is 1.96 bits per heavy atom. The Morgan fingerprint density at radius 1 is 1.14 bits per heavy atom. The van der Waals surface area contributed by atoms with Crippen LogP contribution in [-0.4, -0.2) is 41.8 Å². The van der Waals surface area contributed by atoms with Crippen LogP contribution in [0.5, 0.6) is 0 Å².